The first-order valence-electron chi connectivity index (χ1n) is 11.1. The molecule has 8 nitrogen and oxygen atoms in total. The van der Waals surface area contributed by atoms with Crippen LogP contribution in [0, 0.1) is 0 Å². The van der Waals surface area contributed by atoms with Gasteiger partial charge in [-0.3, -0.25) is 14.5 Å². The zero-order valence-electron chi connectivity index (χ0n) is 18.8. The summed E-state index contributed by atoms with van der Waals surface area (Å²) in [5.41, 5.74) is 3.78. The van der Waals surface area contributed by atoms with Gasteiger partial charge in [-0.15, -0.1) is 0 Å². The topological polar surface area (TPSA) is 91.6 Å². The fraction of sp³-hybridized carbons (Fsp3) is 0.417. The lowest BCUT2D eigenvalue weighted by atomic mass is 10.1. The molecule has 1 aliphatic heterocycles. The minimum absolute atomic E-state index is 0.0333. The highest BCUT2D eigenvalue weighted by atomic mass is 16.5. The van der Waals surface area contributed by atoms with E-state index in [1.165, 1.54) is 0 Å². The number of piperazine rings is 1. The van der Waals surface area contributed by atoms with Crippen molar-refractivity contribution in [2.24, 2.45) is 0 Å². The summed E-state index contributed by atoms with van der Waals surface area (Å²) in [5.74, 6) is 0.0904. The van der Waals surface area contributed by atoms with Crippen molar-refractivity contribution in [3.8, 4) is 0 Å². The minimum Gasteiger partial charge on any atom is -0.336 e. The minimum atomic E-state index is -0.0590. The Balaban J connectivity index is 1.34. The van der Waals surface area contributed by atoms with E-state index in [-0.39, 0.29) is 17.7 Å². The zero-order chi connectivity index (χ0) is 22.7. The molecule has 0 bridgehead atoms. The van der Waals surface area contributed by atoms with E-state index in [0.29, 0.717) is 44.0 Å². The molecule has 1 N–H and O–H groups in total. The van der Waals surface area contributed by atoms with Gasteiger partial charge in [0.25, 0.3) is 11.6 Å². The molecule has 1 aromatic carbocycles. The molecule has 1 fully saturated rings. The van der Waals surface area contributed by atoms with Crippen LogP contribution in [0.2, 0.25) is 0 Å². The number of carbonyl (C=O) groups excluding carboxylic acids is 2. The second-order valence-electron chi connectivity index (χ2n) is 8.43. The van der Waals surface area contributed by atoms with Gasteiger partial charge in [0.15, 0.2) is 0 Å². The molecule has 0 atom stereocenters. The second kappa shape index (κ2) is 9.48. The predicted octanol–water partition coefficient (Wildman–Crippen LogP) is 3.31. The number of aryl methyl sites for hydroxylation is 1. The summed E-state index contributed by atoms with van der Waals surface area (Å²) in [6.07, 6.45) is 2.41. The van der Waals surface area contributed by atoms with Gasteiger partial charge in [-0.1, -0.05) is 44.1 Å². The van der Waals surface area contributed by atoms with E-state index in [1.54, 1.807) is 6.20 Å². The van der Waals surface area contributed by atoms with E-state index in [0.717, 1.165) is 28.8 Å². The first kappa shape index (κ1) is 22.0. The van der Waals surface area contributed by atoms with Crippen molar-refractivity contribution in [1.29, 1.82) is 0 Å². The van der Waals surface area contributed by atoms with Crippen molar-refractivity contribution in [1.82, 2.24) is 19.9 Å². The maximum atomic E-state index is 13.0. The number of fused-ring (bicyclic) bond motifs is 1. The SMILES string of the molecule is CCc1ccccc1NC(=O)CN1CCN(C(=O)c2cnc3onc(C(C)C)c3c2)CC1. The van der Waals surface area contributed by atoms with E-state index in [1.807, 2.05) is 49.1 Å². The van der Waals surface area contributed by atoms with Crippen LogP contribution in [0.4, 0.5) is 5.69 Å². The van der Waals surface area contributed by atoms with Crippen molar-refractivity contribution < 1.29 is 14.1 Å². The molecule has 32 heavy (non-hydrogen) atoms. The number of para-hydroxylation sites is 1. The predicted molar refractivity (Wildman–Crippen MR) is 123 cm³/mol. The summed E-state index contributed by atoms with van der Waals surface area (Å²) < 4.78 is 5.27. The normalized spacial score (nSPS) is 14.8. The Labute approximate surface area is 187 Å². The fourth-order valence-electron chi connectivity index (χ4n) is 4.02. The van der Waals surface area contributed by atoms with Crippen molar-refractivity contribution in [2.75, 3.05) is 38.0 Å². The van der Waals surface area contributed by atoms with Crippen LogP contribution in [0.3, 0.4) is 0 Å². The molecular weight excluding hydrogens is 406 g/mol. The number of rotatable bonds is 6. The summed E-state index contributed by atoms with van der Waals surface area (Å²) in [5, 5.41) is 7.88. The van der Waals surface area contributed by atoms with Crippen LogP contribution in [0.25, 0.3) is 11.1 Å². The van der Waals surface area contributed by atoms with E-state index < -0.39 is 0 Å². The van der Waals surface area contributed by atoms with Crippen molar-refractivity contribution in [3.63, 3.8) is 0 Å². The lowest BCUT2D eigenvalue weighted by Crippen LogP contribution is -2.50. The molecule has 0 aliphatic carbocycles. The van der Waals surface area contributed by atoms with Gasteiger partial charge in [0, 0.05) is 38.1 Å². The highest BCUT2D eigenvalue weighted by Crippen LogP contribution is 2.24. The van der Waals surface area contributed by atoms with Crippen LogP contribution in [0.15, 0.2) is 41.1 Å². The highest BCUT2D eigenvalue weighted by molar-refractivity contribution is 5.97. The molecule has 2 amide bonds. The number of nitrogens with zero attached hydrogens (tertiary/aromatic N) is 4. The number of aromatic nitrogens is 2. The highest BCUT2D eigenvalue weighted by Gasteiger charge is 2.25. The fourth-order valence-corrected chi connectivity index (χ4v) is 4.02. The van der Waals surface area contributed by atoms with Gasteiger partial charge in [-0.25, -0.2) is 4.98 Å². The molecular formula is C24H29N5O3. The first-order chi connectivity index (χ1) is 15.5. The Kier molecular flexibility index (Phi) is 6.50. The standard InChI is InChI=1S/C24H29N5O3/c1-4-17-7-5-6-8-20(17)26-21(30)15-28-9-11-29(12-10-28)24(31)18-13-19-22(16(2)3)27-32-23(19)25-14-18/h5-8,13-14,16H,4,9-12,15H2,1-3H3,(H,26,30). The quantitative estimate of drug-likeness (QED) is 0.639. The summed E-state index contributed by atoms with van der Waals surface area (Å²) in [6.45, 7) is 8.87. The summed E-state index contributed by atoms with van der Waals surface area (Å²) >= 11 is 0. The lowest BCUT2D eigenvalue weighted by Gasteiger charge is -2.34. The number of benzene rings is 1. The van der Waals surface area contributed by atoms with Gasteiger partial charge in [-0.2, -0.15) is 0 Å². The van der Waals surface area contributed by atoms with E-state index in [2.05, 4.69) is 27.3 Å². The van der Waals surface area contributed by atoms with Gasteiger partial charge in [0.1, 0.15) is 0 Å². The number of amides is 2. The number of hydrogen-bond acceptors (Lipinski definition) is 6. The molecule has 8 heteroatoms. The van der Waals surface area contributed by atoms with Gasteiger partial charge in [-0.05, 0) is 30.0 Å². The van der Waals surface area contributed by atoms with E-state index in [9.17, 15) is 9.59 Å². The second-order valence-corrected chi connectivity index (χ2v) is 8.43. The third-order valence-electron chi connectivity index (χ3n) is 5.85. The number of carbonyl (C=O) groups is 2. The molecule has 1 saturated heterocycles. The van der Waals surface area contributed by atoms with Gasteiger partial charge < -0.3 is 14.7 Å². The van der Waals surface area contributed by atoms with Gasteiger partial charge in [0.2, 0.25) is 5.91 Å². The molecule has 0 saturated carbocycles. The maximum absolute atomic E-state index is 13.0. The smallest absolute Gasteiger partial charge is 0.257 e. The molecule has 1 aliphatic rings. The lowest BCUT2D eigenvalue weighted by molar-refractivity contribution is -0.117. The molecule has 3 aromatic rings. The number of nitrogens with one attached hydrogen (secondary N) is 1. The Morgan fingerprint density at radius 1 is 1.16 bits per heavy atom. The monoisotopic (exact) mass is 435 g/mol. The third kappa shape index (κ3) is 4.65. The average Bonchev–Trinajstić information content (AvgIpc) is 3.23. The summed E-state index contributed by atoms with van der Waals surface area (Å²) in [6, 6.07) is 9.68. The maximum Gasteiger partial charge on any atom is 0.257 e. The van der Waals surface area contributed by atoms with Crippen LogP contribution in [0.1, 0.15) is 48.3 Å². The molecule has 168 valence electrons. The molecule has 3 heterocycles. The summed E-state index contributed by atoms with van der Waals surface area (Å²) in [4.78, 5) is 33.7. The van der Waals surface area contributed by atoms with Crippen LogP contribution < -0.4 is 5.32 Å². The molecule has 2 aromatic heterocycles. The van der Waals surface area contributed by atoms with Crippen LogP contribution in [-0.2, 0) is 11.2 Å². The van der Waals surface area contributed by atoms with Crippen LogP contribution in [0.5, 0.6) is 0 Å². The number of hydrogen-bond donors (Lipinski definition) is 1. The molecule has 4 rings (SSSR count). The van der Waals surface area contributed by atoms with E-state index in [4.69, 9.17) is 4.52 Å². The summed E-state index contributed by atoms with van der Waals surface area (Å²) in [7, 11) is 0. The molecule has 0 radical (unpaired) electrons. The number of anilines is 1. The van der Waals surface area contributed by atoms with Crippen molar-refractivity contribution in [3.05, 3.63) is 53.3 Å². The Morgan fingerprint density at radius 3 is 2.62 bits per heavy atom. The largest absolute Gasteiger partial charge is 0.336 e. The Morgan fingerprint density at radius 2 is 1.91 bits per heavy atom. The van der Waals surface area contributed by atoms with E-state index >= 15 is 0 Å². The van der Waals surface area contributed by atoms with Gasteiger partial charge >= 0.3 is 0 Å². The van der Waals surface area contributed by atoms with Crippen LogP contribution in [-0.4, -0.2) is 64.5 Å². The Bertz CT molecular complexity index is 1120. The van der Waals surface area contributed by atoms with Gasteiger partial charge in [0.05, 0.1) is 23.2 Å². The van der Waals surface area contributed by atoms with Crippen LogP contribution >= 0.6 is 0 Å². The zero-order valence-corrected chi connectivity index (χ0v) is 18.8. The number of pyridine rings is 1. The third-order valence-corrected chi connectivity index (χ3v) is 5.85. The average molecular weight is 436 g/mol. The molecule has 0 unspecified atom stereocenters. The van der Waals surface area contributed by atoms with Crippen molar-refractivity contribution in [2.45, 2.75) is 33.1 Å². The Hall–Kier alpha value is -3.26. The molecule has 0 spiro atoms. The first-order valence-corrected chi connectivity index (χ1v) is 11.1. The van der Waals surface area contributed by atoms with Crippen molar-refractivity contribution >= 4 is 28.6 Å².